The number of halogens is 5. The molecule has 1 saturated heterocycles. The Balaban J connectivity index is 1.43. The van der Waals surface area contributed by atoms with Gasteiger partial charge in [0, 0.05) is 38.2 Å². The number of nitrogens with zero attached hydrogens (tertiary/aromatic N) is 3. The molecule has 2 heterocycles. The van der Waals surface area contributed by atoms with Crippen molar-refractivity contribution >= 4 is 17.6 Å². The highest BCUT2D eigenvalue weighted by atomic mass is 19.4. The van der Waals surface area contributed by atoms with E-state index in [4.69, 9.17) is 9.47 Å². The lowest BCUT2D eigenvalue weighted by molar-refractivity contribution is -0.139. The second-order valence-electron chi connectivity index (χ2n) is 13.3. The predicted molar refractivity (Wildman–Crippen MR) is 164 cm³/mol. The monoisotopic (exact) mass is 667 g/mol. The zero-order valence-electron chi connectivity index (χ0n) is 26.7. The lowest BCUT2D eigenvalue weighted by Crippen LogP contribution is -2.47. The number of ether oxygens (including phenoxy) is 2. The van der Waals surface area contributed by atoms with Gasteiger partial charge in [-0.25, -0.2) is 18.6 Å². The summed E-state index contributed by atoms with van der Waals surface area (Å²) < 4.78 is 81.3. The van der Waals surface area contributed by atoms with Crippen LogP contribution in [0.3, 0.4) is 0 Å². The number of aromatic nitrogens is 1. The standard InChI is InChI=1S/C34H42F5N3O5/c1-21-4-6-23(7-5-21)31(43)42(24-8-10-25(46-2)11-9-24)29-13-12-26(17-27(29)32(44)45)47-30-28(34(37,38)39)16-22(18-40-30)19-41-15-3-14-33(35,36)20-41/h12-13,16-18,21,23-25H,3-11,14-15,19-20H2,1-2H3,(H,44,45). The fourth-order valence-corrected chi connectivity index (χ4v) is 7.12. The van der Waals surface area contributed by atoms with Crippen molar-refractivity contribution < 1.29 is 46.1 Å². The van der Waals surface area contributed by atoms with Crippen molar-refractivity contribution in [1.82, 2.24) is 9.88 Å². The molecule has 0 bridgehead atoms. The summed E-state index contributed by atoms with van der Waals surface area (Å²) in [5.41, 5.74) is -1.21. The second-order valence-corrected chi connectivity index (χ2v) is 13.3. The molecule has 3 aliphatic rings. The van der Waals surface area contributed by atoms with Gasteiger partial charge in [-0.3, -0.25) is 9.69 Å². The molecule has 0 atom stereocenters. The largest absolute Gasteiger partial charge is 0.478 e. The van der Waals surface area contributed by atoms with Crippen molar-refractivity contribution in [1.29, 1.82) is 0 Å². The van der Waals surface area contributed by atoms with Crippen molar-refractivity contribution in [3.63, 3.8) is 0 Å². The molecule has 258 valence electrons. The molecule has 1 aromatic carbocycles. The van der Waals surface area contributed by atoms with Crippen molar-refractivity contribution in [2.24, 2.45) is 11.8 Å². The fraction of sp³-hybridized carbons (Fsp3) is 0.618. The molecule has 1 N–H and O–H groups in total. The minimum Gasteiger partial charge on any atom is -0.478 e. The minimum atomic E-state index is -4.89. The number of hydrogen-bond donors (Lipinski definition) is 1. The first-order valence-electron chi connectivity index (χ1n) is 16.3. The molecule has 1 aromatic heterocycles. The van der Waals surface area contributed by atoms with Gasteiger partial charge < -0.3 is 19.5 Å². The van der Waals surface area contributed by atoms with Gasteiger partial charge in [-0.2, -0.15) is 13.2 Å². The van der Waals surface area contributed by atoms with Crippen LogP contribution in [0.5, 0.6) is 11.6 Å². The summed E-state index contributed by atoms with van der Waals surface area (Å²) in [6, 6.07) is 4.44. The van der Waals surface area contributed by atoms with Gasteiger partial charge in [0.2, 0.25) is 11.8 Å². The van der Waals surface area contributed by atoms with E-state index in [-0.39, 0.29) is 65.9 Å². The van der Waals surface area contributed by atoms with Crippen LogP contribution < -0.4 is 9.64 Å². The molecule has 0 spiro atoms. The zero-order chi connectivity index (χ0) is 33.9. The summed E-state index contributed by atoms with van der Waals surface area (Å²) in [5.74, 6) is -5.15. The Morgan fingerprint density at radius 3 is 2.38 bits per heavy atom. The minimum absolute atomic E-state index is 0.0518. The summed E-state index contributed by atoms with van der Waals surface area (Å²) in [4.78, 5) is 33.5. The van der Waals surface area contributed by atoms with E-state index in [1.807, 2.05) is 0 Å². The van der Waals surface area contributed by atoms with Gasteiger partial charge in [0.15, 0.2) is 0 Å². The molecule has 2 aromatic rings. The van der Waals surface area contributed by atoms with E-state index in [2.05, 4.69) is 11.9 Å². The van der Waals surface area contributed by atoms with E-state index in [1.54, 1.807) is 12.0 Å². The van der Waals surface area contributed by atoms with Crippen LogP contribution in [-0.2, 0) is 22.3 Å². The van der Waals surface area contributed by atoms with Crippen molar-refractivity contribution in [2.45, 2.75) is 102 Å². The Kier molecular flexibility index (Phi) is 10.7. The molecule has 0 unspecified atom stereocenters. The predicted octanol–water partition coefficient (Wildman–Crippen LogP) is 7.94. The van der Waals surface area contributed by atoms with Crippen LogP contribution in [0.4, 0.5) is 27.6 Å². The van der Waals surface area contributed by atoms with Crippen molar-refractivity contribution in [2.75, 3.05) is 25.1 Å². The Bertz CT molecular complexity index is 1420. The maximum absolute atomic E-state index is 14.2. The maximum Gasteiger partial charge on any atom is 0.421 e. The number of aromatic carboxylic acids is 1. The smallest absolute Gasteiger partial charge is 0.421 e. The lowest BCUT2D eigenvalue weighted by Gasteiger charge is -2.40. The normalized spacial score (nSPS) is 25.3. The molecule has 2 saturated carbocycles. The van der Waals surface area contributed by atoms with Gasteiger partial charge in [-0.1, -0.05) is 6.92 Å². The van der Waals surface area contributed by atoms with E-state index in [0.717, 1.165) is 31.2 Å². The molecular formula is C34H42F5N3O5. The van der Waals surface area contributed by atoms with Crippen LogP contribution in [0.25, 0.3) is 0 Å². The number of piperidine rings is 1. The number of anilines is 1. The summed E-state index contributed by atoms with van der Waals surface area (Å²) >= 11 is 0. The van der Waals surface area contributed by atoms with Crippen LogP contribution >= 0.6 is 0 Å². The first-order valence-corrected chi connectivity index (χ1v) is 16.3. The molecule has 2 aliphatic carbocycles. The third-order valence-corrected chi connectivity index (χ3v) is 9.71. The second kappa shape index (κ2) is 14.4. The van der Waals surface area contributed by atoms with Gasteiger partial charge in [-0.05, 0) is 100 Å². The van der Waals surface area contributed by atoms with Gasteiger partial charge in [0.05, 0.1) is 23.9 Å². The zero-order valence-corrected chi connectivity index (χ0v) is 26.7. The van der Waals surface area contributed by atoms with Crippen LogP contribution in [0.1, 0.15) is 92.6 Å². The Hall–Kier alpha value is -3.32. The molecule has 3 fully saturated rings. The van der Waals surface area contributed by atoms with E-state index in [1.165, 1.54) is 17.0 Å². The third-order valence-electron chi connectivity index (χ3n) is 9.71. The quantitative estimate of drug-likeness (QED) is 0.272. The molecular weight excluding hydrogens is 625 g/mol. The fourth-order valence-electron chi connectivity index (χ4n) is 7.12. The number of carboxylic acids is 1. The van der Waals surface area contributed by atoms with E-state index >= 15 is 0 Å². The number of amides is 1. The Morgan fingerprint density at radius 1 is 1.06 bits per heavy atom. The molecule has 5 rings (SSSR count). The molecule has 1 aliphatic heterocycles. The summed E-state index contributed by atoms with van der Waals surface area (Å²) in [6.07, 6.45) is 2.13. The Labute approximate surface area is 271 Å². The van der Waals surface area contributed by atoms with E-state index in [0.29, 0.717) is 51.0 Å². The lowest BCUT2D eigenvalue weighted by atomic mass is 9.81. The van der Waals surface area contributed by atoms with Gasteiger partial charge in [0.1, 0.15) is 11.3 Å². The van der Waals surface area contributed by atoms with Crippen molar-refractivity contribution in [3.8, 4) is 11.6 Å². The SMILES string of the molecule is COC1CCC(N(C(=O)C2CCC(C)CC2)c2ccc(Oc3ncc(CN4CCCC(F)(F)C4)cc3C(F)(F)F)cc2C(=O)O)CC1. The number of carbonyl (C=O) groups excluding carboxylic acids is 1. The van der Waals surface area contributed by atoms with Crippen LogP contribution in [-0.4, -0.2) is 65.1 Å². The van der Waals surface area contributed by atoms with Crippen LogP contribution in [0, 0.1) is 11.8 Å². The molecule has 1 amide bonds. The van der Waals surface area contributed by atoms with Crippen LogP contribution in [0.2, 0.25) is 0 Å². The molecule has 8 nitrogen and oxygen atoms in total. The molecule has 47 heavy (non-hydrogen) atoms. The maximum atomic E-state index is 14.2. The van der Waals surface area contributed by atoms with E-state index < -0.39 is 36.1 Å². The number of alkyl halides is 5. The summed E-state index contributed by atoms with van der Waals surface area (Å²) in [6.45, 7) is 1.78. The number of benzene rings is 1. The van der Waals surface area contributed by atoms with E-state index in [9.17, 15) is 36.6 Å². The number of methoxy groups -OCH3 is 1. The van der Waals surface area contributed by atoms with Gasteiger partial charge >= 0.3 is 12.1 Å². The highest BCUT2D eigenvalue weighted by Gasteiger charge is 2.39. The third kappa shape index (κ3) is 8.59. The number of pyridine rings is 1. The van der Waals surface area contributed by atoms with Crippen LogP contribution in [0.15, 0.2) is 30.5 Å². The number of hydrogen-bond acceptors (Lipinski definition) is 6. The highest BCUT2D eigenvalue weighted by molar-refractivity contribution is 6.03. The number of carbonyl (C=O) groups is 2. The highest BCUT2D eigenvalue weighted by Crippen LogP contribution is 2.41. The number of rotatable bonds is 9. The first kappa shape index (κ1) is 35.0. The van der Waals surface area contributed by atoms with Gasteiger partial charge in [0.25, 0.3) is 5.92 Å². The number of carboxylic acid groups (broad SMARTS) is 1. The van der Waals surface area contributed by atoms with Gasteiger partial charge in [-0.15, -0.1) is 0 Å². The van der Waals surface area contributed by atoms with Crippen molar-refractivity contribution in [3.05, 3.63) is 47.2 Å². The number of likely N-dealkylation sites (tertiary alicyclic amines) is 1. The summed E-state index contributed by atoms with van der Waals surface area (Å²) in [7, 11) is 1.64. The summed E-state index contributed by atoms with van der Waals surface area (Å²) in [5, 5.41) is 10.3. The Morgan fingerprint density at radius 2 is 1.77 bits per heavy atom. The molecule has 0 radical (unpaired) electrons. The first-order chi connectivity index (χ1) is 22.2. The topological polar surface area (TPSA) is 92.2 Å². The average Bonchev–Trinajstić information content (AvgIpc) is 3.02. The molecule has 13 heteroatoms. The average molecular weight is 668 g/mol.